The van der Waals surface area contributed by atoms with Gasteiger partial charge in [-0.05, 0) is 30.3 Å². The van der Waals surface area contributed by atoms with Crippen LogP contribution < -0.4 is 4.72 Å². The highest BCUT2D eigenvalue weighted by Gasteiger charge is 2.17. The molecule has 1 heterocycles. The van der Waals surface area contributed by atoms with Crippen LogP contribution in [0.25, 0.3) is 0 Å². The highest BCUT2D eigenvalue weighted by molar-refractivity contribution is 7.92. The molecule has 5 nitrogen and oxygen atoms in total. The molecule has 94 valence electrons. The Labute approximate surface area is 103 Å². The van der Waals surface area contributed by atoms with Crippen molar-refractivity contribution in [1.29, 1.82) is 0 Å². The smallest absolute Gasteiger partial charge is 0.263 e. The molecular formula is C11H9FN2O3S. The summed E-state index contributed by atoms with van der Waals surface area (Å²) in [5, 5.41) is 9.41. The lowest BCUT2D eigenvalue weighted by Crippen LogP contribution is -2.14. The average Bonchev–Trinajstić information content (AvgIpc) is 2.32. The van der Waals surface area contributed by atoms with E-state index < -0.39 is 15.8 Å². The summed E-state index contributed by atoms with van der Waals surface area (Å²) in [5.41, 5.74) is 0. The Kier molecular flexibility index (Phi) is 3.15. The van der Waals surface area contributed by atoms with Crippen LogP contribution in [-0.2, 0) is 10.0 Å². The van der Waals surface area contributed by atoms with Crippen LogP contribution in [0.3, 0.4) is 0 Å². The number of hydrogen-bond acceptors (Lipinski definition) is 4. The van der Waals surface area contributed by atoms with E-state index in [0.29, 0.717) is 0 Å². The lowest BCUT2D eigenvalue weighted by molar-refractivity contribution is 0.475. The zero-order valence-corrected chi connectivity index (χ0v) is 9.86. The maximum absolute atomic E-state index is 13.0. The topological polar surface area (TPSA) is 79.3 Å². The molecule has 0 saturated heterocycles. The Morgan fingerprint density at radius 1 is 1.22 bits per heavy atom. The lowest BCUT2D eigenvalue weighted by atomic mass is 10.4. The number of rotatable bonds is 3. The molecule has 0 aliphatic rings. The van der Waals surface area contributed by atoms with Crippen molar-refractivity contribution in [1.82, 2.24) is 4.98 Å². The third-order valence-corrected chi connectivity index (χ3v) is 3.46. The lowest BCUT2D eigenvalue weighted by Gasteiger charge is -2.08. The molecule has 0 radical (unpaired) electrons. The fourth-order valence-electron chi connectivity index (χ4n) is 1.30. The van der Waals surface area contributed by atoms with E-state index >= 15 is 0 Å². The summed E-state index contributed by atoms with van der Waals surface area (Å²) in [7, 11) is -3.97. The number of nitrogens with zero attached hydrogens (tertiary/aromatic N) is 1. The van der Waals surface area contributed by atoms with Crippen LogP contribution in [0.2, 0.25) is 0 Å². The summed E-state index contributed by atoms with van der Waals surface area (Å²) in [6.45, 7) is 0. The summed E-state index contributed by atoms with van der Waals surface area (Å²) in [5.74, 6) is -1.18. The van der Waals surface area contributed by atoms with Crippen molar-refractivity contribution >= 4 is 15.8 Å². The second-order valence-corrected chi connectivity index (χ2v) is 5.12. The quantitative estimate of drug-likeness (QED) is 0.888. The van der Waals surface area contributed by atoms with E-state index in [1.54, 1.807) is 0 Å². The number of nitrogens with one attached hydrogen (secondary N) is 1. The molecule has 0 amide bonds. The summed E-state index contributed by atoms with van der Waals surface area (Å²) >= 11 is 0. The number of anilines is 1. The van der Waals surface area contributed by atoms with Crippen LogP contribution in [0, 0.1) is 5.82 Å². The van der Waals surface area contributed by atoms with E-state index in [1.165, 1.54) is 30.5 Å². The average molecular weight is 268 g/mol. The number of aromatic nitrogens is 1. The second-order valence-electron chi connectivity index (χ2n) is 3.43. The van der Waals surface area contributed by atoms with Crippen LogP contribution >= 0.6 is 0 Å². The highest BCUT2D eigenvalue weighted by Crippen LogP contribution is 2.22. The predicted molar refractivity (Wildman–Crippen MR) is 63.1 cm³/mol. The first-order valence-corrected chi connectivity index (χ1v) is 6.40. The van der Waals surface area contributed by atoms with Gasteiger partial charge in [-0.1, -0.05) is 6.07 Å². The van der Waals surface area contributed by atoms with Crippen molar-refractivity contribution in [3.8, 4) is 5.75 Å². The van der Waals surface area contributed by atoms with Crippen LogP contribution in [0.1, 0.15) is 0 Å². The van der Waals surface area contributed by atoms with E-state index in [-0.39, 0.29) is 16.5 Å². The molecule has 0 atom stereocenters. The minimum Gasteiger partial charge on any atom is -0.504 e. The standard InChI is InChI=1S/C11H9FN2O3S/c12-8-3-1-4-9(7-8)18(16,17)14-11-10(15)5-2-6-13-11/h1-7,15H,(H,13,14). The molecule has 0 bridgehead atoms. The molecule has 18 heavy (non-hydrogen) atoms. The minimum absolute atomic E-state index is 0.207. The van der Waals surface area contributed by atoms with Crippen LogP contribution in [-0.4, -0.2) is 18.5 Å². The Bertz CT molecular complexity index is 673. The maximum Gasteiger partial charge on any atom is 0.263 e. The number of benzene rings is 1. The van der Waals surface area contributed by atoms with E-state index in [4.69, 9.17) is 0 Å². The molecule has 2 rings (SSSR count). The third kappa shape index (κ3) is 2.57. The number of pyridine rings is 1. The molecule has 2 aromatic rings. The highest BCUT2D eigenvalue weighted by atomic mass is 32.2. The fourth-order valence-corrected chi connectivity index (χ4v) is 2.35. The van der Waals surface area contributed by atoms with Gasteiger partial charge in [-0.25, -0.2) is 17.8 Å². The first-order valence-electron chi connectivity index (χ1n) is 4.91. The normalized spacial score (nSPS) is 11.2. The SMILES string of the molecule is O=S(=O)(Nc1ncccc1O)c1cccc(F)c1. The number of aromatic hydroxyl groups is 1. The van der Waals surface area contributed by atoms with Crippen LogP contribution in [0.15, 0.2) is 47.5 Å². The van der Waals surface area contributed by atoms with E-state index in [2.05, 4.69) is 9.71 Å². The van der Waals surface area contributed by atoms with Crippen LogP contribution in [0.5, 0.6) is 5.75 Å². The van der Waals surface area contributed by atoms with Gasteiger partial charge >= 0.3 is 0 Å². The Morgan fingerprint density at radius 2 is 2.00 bits per heavy atom. The molecule has 0 unspecified atom stereocenters. The monoisotopic (exact) mass is 268 g/mol. The number of sulfonamides is 1. The van der Waals surface area contributed by atoms with Gasteiger partial charge in [-0.3, -0.25) is 4.72 Å². The van der Waals surface area contributed by atoms with Gasteiger partial charge in [0.2, 0.25) is 0 Å². The van der Waals surface area contributed by atoms with E-state index in [0.717, 1.165) is 12.1 Å². The first kappa shape index (κ1) is 12.3. The Morgan fingerprint density at radius 3 is 2.67 bits per heavy atom. The molecule has 0 fully saturated rings. The summed E-state index contributed by atoms with van der Waals surface area (Å²) < 4.78 is 38.8. The fraction of sp³-hybridized carbons (Fsp3) is 0. The van der Waals surface area contributed by atoms with Crippen molar-refractivity contribution in [2.75, 3.05) is 4.72 Å². The van der Waals surface area contributed by atoms with E-state index in [1.807, 2.05) is 0 Å². The van der Waals surface area contributed by atoms with Gasteiger partial charge in [0.15, 0.2) is 11.6 Å². The molecule has 0 aliphatic carbocycles. The van der Waals surface area contributed by atoms with Gasteiger partial charge < -0.3 is 5.11 Å². The second kappa shape index (κ2) is 4.61. The maximum atomic E-state index is 13.0. The van der Waals surface area contributed by atoms with Gasteiger partial charge in [0.25, 0.3) is 10.0 Å². The first-order chi connectivity index (χ1) is 8.49. The van der Waals surface area contributed by atoms with Gasteiger partial charge in [0.1, 0.15) is 5.82 Å². The molecule has 1 aromatic carbocycles. The van der Waals surface area contributed by atoms with Gasteiger partial charge in [0, 0.05) is 6.20 Å². The van der Waals surface area contributed by atoms with Crippen LogP contribution in [0.4, 0.5) is 10.2 Å². The van der Waals surface area contributed by atoms with Gasteiger partial charge in [0.05, 0.1) is 4.90 Å². The zero-order chi connectivity index (χ0) is 13.2. The minimum atomic E-state index is -3.97. The molecular weight excluding hydrogens is 259 g/mol. The zero-order valence-electron chi connectivity index (χ0n) is 9.04. The molecule has 0 saturated carbocycles. The van der Waals surface area contributed by atoms with E-state index in [9.17, 15) is 17.9 Å². The van der Waals surface area contributed by atoms with Crippen molar-refractivity contribution < 1.29 is 17.9 Å². The number of hydrogen-bond donors (Lipinski definition) is 2. The van der Waals surface area contributed by atoms with Gasteiger partial charge in [-0.2, -0.15) is 0 Å². The van der Waals surface area contributed by atoms with Crippen molar-refractivity contribution in [2.24, 2.45) is 0 Å². The predicted octanol–water partition coefficient (Wildman–Crippen LogP) is 1.73. The molecule has 7 heteroatoms. The molecule has 2 N–H and O–H groups in total. The Balaban J connectivity index is 2.37. The number of halogens is 1. The third-order valence-electron chi connectivity index (χ3n) is 2.12. The summed E-state index contributed by atoms with van der Waals surface area (Å²) in [4.78, 5) is 3.43. The molecule has 1 aromatic heterocycles. The van der Waals surface area contributed by atoms with Gasteiger partial charge in [-0.15, -0.1) is 0 Å². The van der Waals surface area contributed by atoms with Crippen molar-refractivity contribution in [2.45, 2.75) is 4.90 Å². The molecule has 0 spiro atoms. The summed E-state index contributed by atoms with van der Waals surface area (Å²) in [6, 6.07) is 7.28. The van der Waals surface area contributed by atoms with Crippen molar-refractivity contribution in [3.63, 3.8) is 0 Å². The summed E-state index contributed by atoms with van der Waals surface area (Å²) in [6.07, 6.45) is 1.32. The van der Waals surface area contributed by atoms with Crippen molar-refractivity contribution in [3.05, 3.63) is 48.4 Å². The largest absolute Gasteiger partial charge is 0.504 e. The molecule has 0 aliphatic heterocycles. The Hall–Kier alpha value is -2.15.